The molecule has 2 rings (SSSR count). The molecule has 2 atom stereocenters. The number of para-hydroxylation sites is 1. The van der Waals surface area contributed by atoms with E-state index in [1.807, 2.05) is 36.4 Å². The van der Waals surface area contributed by atoms with Gasteiger partial charge in [0.25, 0.3) is 0 Å². The zero-order valence-corrected chi connectivity index (χ0v) is 17.4. The van der Waals surface area contributed by atoms with Crippen LogP contribution < -0.4 is 4.74 Å². The molecule has 1 aromatic rings. The Bertz CT molecular complexity index is 821. The highest BCUT2D eigenvalue weighted by atomic mass is 32.2. The van der Waals surface area contributed by atoms with Crippen molar-refractivity contribution in [2.75, 3.05) is 19.5 Å². The third-order valence-corrected chi connectivity index (χ3v) is 5.28. The number of carbonyl (C=O) groups excluding carboxylic acids is 1. The van der Waals surface area contributed by atoms with Crippen LogP contribution in [0.3, 0.4) is 0 Å². The van der Waals surface area contributed by atoms with E-state index in [1.165, 1.54) is 6.26 Å². The summed E-state index contributed by atoms with van der Waals surface area (Å²) >= 11 is 0. The molecular formula is C23H28O5S. The van der Waals surface area contributed by atoms with E-state index in [1.54, 1.807) is 24.3 Å². The van der Waals surface area contributed by atoms with Crippen LogP contribution in [0.1, 0.15) is 25.7 Å². The molecule has 0 amide bonds. The first-order chi connectivity index (χ1) is 14.0. The Balaban J connectivity index is 1.99. The van der Waals surface area contributed by atoms with Gasteiger partial charge in [-0.1, -0.05) is 42.5 Å². The van der Waals surface area contributed by atoms with Crippen molar-refractivity contribution < 1.29 is 24.0 Å². The van der Waals surface area contributed by atoms with Crippen molar-refractivity contribution in [3.05, 3.63) is 76.8 Å². The minimum Gasteiger partial charge on any atom is -0.494 e. The summed E-state index contributed by atoms with van der Waals surface area (Å²) in [6.45, 7) is 0.592. The summed E-state index contributed by atoms with van der Waals surface area (Å²) < 4.78 is 17.5. The van der Waals surface area contributed by atoms with Crippen molar-refractivity contribution in [2.45, 2.75) is 31.8 Å². The monoisotopic (exact) mass is 416 g/mol. The summed E-state index contributed by atoms with van der Waals surface area (Å²) in [5.41, 5.74) is 1.22. The lowest BCUT2D eigenvalue weighted by atomic mass is 10.1. The van der Waals surface area contributed by atoms with Gasteiger partial charge in [-0.05, 0) is 49.5 Å². The zero-order valence-electron chi connectivity index (χ0n) is 16.6. The highest BCUT2D eigenvalue weighted by molar-refractivity contribution is 7.89. The molecule has 2 unspecified atom stereocenters. The van der Waals surface area contributed by atoms with Crippen LogP contribution in [-0.2, 0) is 15.6 Å². The maximum atomic E-state index is 12.6. The predicted molar refractivity (Wildman–Crippen MR) is 116 cm³/mol. The SMILES string of the molecule is CS(=O)C1=CC(=CCCCOc2ccccc2)/C(=C/C=C\C(O)CCCO)C1=O. The van der Waals surface area contributed by atoms with Gasteiger partial charge in [0.2, 0.25) is 5.78 Å². The number of unbranched alkanes of at least 4 members (excludes halogenated alkanes) is 1. The van der Waals surface area contributed by atoms with Crippen LogP contribution in [0.25, 0.3) is 0 Å². The van der Waals surface area contributed by atoms with Gasteiger partial charge in [-0.3, -0.25) is 9.00 Å². The van der Waals surface area contributed by atoms with E-state index < -0.39 is 16.9 Å². The molecule has 5 nitrogen and oxygen atoms in total. The number of allylic oxidation sites excluding steroid dienone is 7. The van der Waals surface area contributed by atoms with Crippen molar-refractivity contribution in [2.24, 2.45) is 0 Å². The maximum Gasteiger partial charge on any atom is 0.202 e. The molecule has 1 aliphatic rings. The average molecular weight is 417 g/mol. The molecule has 0 fully saturated rings. The summed E-state index contributed by atoms with van der Waals surface area (Å²) in [6.07, 6.45) is 11.8. The van der Waals surface area contributed by atoms with Crippen LogP contribution in [0.2, 0.25) is 0 Å². The second-order valence-electron chi connectivity index (χ2n) is 6.65. The molecule has 0 aliphatic heterocycles. The fourth-order valence-corrected chi connectivity index (χ4v) is 3.49. The van der Waals surface area contributed by atoms with E-state index in [0.717, 1.165) is 24.2 Å². The summed E-state index contributed by atoms with van der Waals surface area (Å²) in [4.78, 5) is 12.8. The molecule has 0 spiro atoms. The van der Waals surface area contributed by atoms with Crippen LogP contribution in [0.4, 0.5) is 0 Å². The van der Waals surface area contributed by atoms with Gasteiger partial charge in [0.15, 0.2) is 0 Å². The Kier molecular flexibility index (Phi) is 9.77. The van der Waals surface area contributed by atoms with Gasteiger partial charge < -0.3 is 14.9 Å². The molecule has 0 aromatic heterocycles. The minimum absolute atomic E-state index is 0.0287. The molecule has 0 saturated carbocycles. The molecule has 0 heterocycles. The second-order valence-corrected chi connectivity index (χ2v) is 8.00. The number of hydrogen-bond acceptors (Lipinski definition) is 5. The normalized spacial score (nSPS) is 19.1. The molecule has 29 heavy (non-hydrogen) atoms. The van der Waals surface area contributed by atoms with Crippen molar-refractivity contribution in [1.29, 1.82) is 0 Å². The van der Waals surface area contributed by atoms with E-state index in [2.05, 4.69) is 0 Å². The molecule has 0 radical (unpaired) electrons. The van der Waals surface area contributed by atoms with Crippen LogP contribution in [0.15, 0.2) is 76.8 Å². The molecule has 1 aromatic carbocycles. The average Bonchev–Trinajstić information content (AvgIpc) is 3.03. The fourth-order valence-electron chi connectivity index (χ4n) is 2.83. The predicted octanol–water partition coefficient (Wildman–Crippen LogP) is 3.23. The van der Waals surface area contributed by atoms with Crippen molar-refractivity contribution >= 4 is 16.6 Å². The van der Waals surface area contributed by atoms with Crippen LogP contribution in [0.5, 0.6) is 5.75 Å². The van der Waals surface area contributed by atoms with E-state index in [0.29, 0.717) is 25.0 Å². The Morgan fingerprint density at radius 1 is 1.21 bits per heavy atom. The Morgan fingerprint density at radius 3 is 2.66 bits per heavy atom. The first kappa shape index (κ1) is 23.0. The Labute approximate surface area is 174 Å². The molecule has 0 saturated heterocycles. The minimum atomic E-state index is -1.36. The quantitative estimate of drug-likeness (QED) is 0.427. The molecule has 2 N–H and O–H groups in total. The summed E-state index contributed by atoms with van der Waals surface area (Å²) in [7, 11) is -1.36. The van der Waals surface area contributed by atoms with Crippen molar-refractivity contribution in [3.63, 3.8) is 0 Å². The highest BCUT2D eigenvalue weighted by Gasteiger charge is 2.26. The molecule has 0 bridgehead atoms. The van der Waals surface area contributed by atoms with E-state index in [4.69, 9.17) is 9.84 Å². The zero-order chi connectivity index (χ0) is 21.1. The van der Waals surface area contributed by atoms with Crippen LogP contribution in [0, 0.1) is 0 Å². The summed E-state index contributed by atoms with van der Waals surface area (Å²) in [5, 5.41) is 18.6. The largest absolute Gasteiger partial charge is 0.494 e. The Morgan fingerprint density at radius 2 is 1.97 bits per heavy atom. The molecular weight excluding hydrogens is 388 g/mol. The Hall–Kier alpha value is -2.28. The standard InChI is InChI=1S/C23H28O5S/c1-29(27)22-17-18(9-5-6-16-28-20-12-3-2-4-13-20)21(23(22)26)14-7-10-19(25)11-8-15-24/h2-4,7,9-10,12-14,17,19,24-25H,5-6,8,11,15-16H2,1H3/b10-7-,18-9?,21-14-. The van der Waals surface area contributed by atoms with Gasteiger partial charge in [0.1, 0.15) is 5.75 Å². The van der Waals surface area contributed by atoms with Crippen LogP contribution in [-0.4, -0.2) is 45.8 Å². The first-order valence-corrected chi connectivity index (χ1v) is 11.2. The molecule has 6 heteroatoms. The number of aliphatic hydroxyl groups is 2. The lowest BCUT2D eigenvalue weighted by Crippen LogP contribution is -2.05. The number of Topliss-reactive ketones (excluding diaryl/α,β-unsaturated/α-hetero) is 1. The smallest absolute Gasteiger partial charge is 0.202 e. The van der Waals surface area contributed by atoms with Crippen molar-refractivity contribution in [3.8, 4) is 5.75 Å². The van der Waals surface area contributed by atoms with Gasteiger partial charge in [-0.2, -0.15) is 0 Å². The van der Waals surface area contributed by atoms with E-state index in [9.17, 15) is 14.1 Å². The number of ether oxygens (including phenoxy) is 1. The van der Waals surface area contributed by atoms with Gasteiger partial charge in [0, 0.05) is 18.4 Å². The second kappa shape index (κ2) is 12.3. The third kappa shape index (κ3) is 7.57. The number of aliphatic hydroxyl groups excluding tert-OH is 2. The topological polar surface area (TPSA) is 83.8 Å². The van der Waals surface area contributed by atoms with Gasteiger partial charge in [-0.25, -0.2) is 0 Å². The third-order valence-electron chi connectivity index (χ3n) is 4.35. The number of carbonyl (C=O) groups is 1. The van der Waals surface area contributed by atoms with Gasteiger partial charge in [0.05, 0.1) is 28.4 Å². The lowest BCUT2D eigenvalue weighted by Gasteiger charge is -2.05. The highest BCUT2D eigenvalue weighted by Crippen LogP contribution is 2.28. The van der Waals surface area contributed by atoms with Gasteiger partial charge in [-0.15, -0.1) is 0 Å². The van der Waals surface area contributed by atoms with E-state index >= 15 is 0 Å². The summed E-state index contributed by atoms with van der Waals surface area (Å²) in [5.74, 6) is 0.581. The fraction of sp³-hybridized carbons (Fsp3) is 0.348. The maximum absolute atomic E-state index is 12.6. The first-order valence-electron chi connectivity index (χ1n) is 9.68. The lowest BCUT2D eigenvalue weighted by molar-refractivity contribution is -0.111. The van der Waals surface area contributed by atoms with Crippen molar-refractivity contribution in [1.82, 2.24) is 0 Å². The van der Waals surface area contributed by atoms with Crippen LogP contribution >= 0.6 is 0 Å². The summed E-state index contributed by atoms with van der Waals surface area (Å²) in [6, 6.07) is 9.58. The number of rotatable bonds is 11. The van der Waals surface area contributed by atoms with Gasteiger partial charge >= 0.3 is 0 Å². The number of hydrogen-bond donors (Lipinski definition) is 2. The number of ketones is 1. The molecule has 1 aliphatic carbocycles. The van der Waals surface area contributed by atoms with E-state index in [-0.39, 0.29) is 17.3 Å². The molecule has 156 valence electrons. The number of benzene rings is 1.